The highest BCUT2D eigenvalue weighted by Crippen LogP contribution is 2.26. The van der Waals surface area contributed by atoms with Crippen molar-refractivity contribution in [2.24, 2.45) is 4.99 Å². The van der Waals surface area contributed by atoms with Gasteiger partial charge in [0.2, 0.25) is 0 Å². The van der Waals surface area contributed by atoms with Crippen LogP contribution >= 0.6 is 11.8 Å². The second kappa shape index (κ2) is 6.24. The second-order valence-corrected chi connectivity index (χ2v) is 5.40. The van der Waals surface area contributed by atoms with Crippen molar-refractivity contribution < 1.29 is 14.6 Å². The molecule has 6 heteroatoms. The molecule has 2 rings (SSSR count). The summed E-state index contributed by atoms with van der Waals surface area (Å²) < 4.78 is 5.03. The Morgan fingerprint density at radius 2 is 2.61 bits per heavy atom. The number of nitrogens with zero attached hydrogens (tertiary/aromatic N) is 2. The summed E-state index contributed by atoms with van der Waals surface area (Å²) in [6.45, 7) is 5.10. The van der Waals surface area contributed by atoms with Gasteiger partial charge in [-0.3, -0.25) is 4.99 Å². The Labute approximate surface area is 111 Å². The van der Waals surface area contributed by atoms with Crippen molar-refractivity contribution in [3.8, 4) is 0 Å². The molecule has 0 radical (unpaired) electrons. The van der Waals surface area contributed by atoms with E-state index in [0.29, 0.717) is 6.54 Å². The number of rotatable bonds is 4. The second-order valence-electron chi connectivity index (χ2n) is 4.28. The molecule has 2 heterocycles. The van der Waals surface area contributed by atoms with Crippen molar-refractivity contribution in [3.63, 3.8) is 0 Å². The number of ether oxygens (including phenoxy) is 1. The summed E-state index contributed by atoms with van der Waals surface area (Å²) in [6.07, 6.45) is 2.18. The van der Waals surface area contributed by atoms with Crippen LogP contribution in [0, 0.1) is 0 Å². The van der Waals surface area contributed by atoms with E-state index in [1.165, 1.54) is 6.08 Å². The number of hydrogen-bond acceptors (Lipinski definition) is 5. The molecule has 0 aliphatic carbocycles. The van der Waals surface area contributed by atoms with Crippen molar-refractivity contribution in [2.45, 2.75) is 25.0 Å². The van der Waals surface area contributed by atoms with Gasteiger partial charge in [0.25, 0.3) is 0 Å². The Kier molecular flexibility index (Phi) is 4.66. The van der Waals surface area contributed by atoms with Crippen molar-refractivity contribution in [1.82, 2.24) is 4.90 Å². The van der Waals surface area contributed by atoms with E-state index >= 15 is 0 Å². The highest BCUT2D eigenvalue weighted by molar-refractivity contribution is 8.14. The fraction of sp³-hybridized carbons (Fsp3) is 0.667. The molecule has 100 valence electrons. The number of aliphatic imine (C=N–C) groups is 1. The molecule has 1 unspecified atom stereocenters. The minimum atomic E-state index is -0.670. The number of carbonyl (C=O) groups is 1. The van der Waals surface area contributed by atoms with Gasteiger partial charge in [-0.15, -0.1) is 11.8 Å². The minimum Gasteiger partial charge on any atom is -0.445 e. The monoisotopic (exact) mass is 270 g/mol. The zero-order valence-electron chi connectivity index (χ0n) is 10.2. The average Bonchev–Trinajstić information content (AvgIpc) is 3.04. The predicted octanol–water partition coefficient (Wildman–Crippen LogP) is 1.28. The molecule has 1 fully saturated rings. The molecule has 0 spiro atoms. The first-order valence-corrected chi connectivity index (χ1v) is 7.12. The third kappa shape index (κ3) is 2.87. The molecule has 0 aromatic heterocycles. The minimum absolute atomic E-state index is 0.202. The van der Waals surface area contributed by atoms with E-state index < -0.39 is 6.10 Å². The summed E-state index contributed by atoms with van der Waals surface area (Å²) in [7, 11) is 0. The molecular weight excluding hydrogens is 252 g/mol. The van der Waals surface area contributed by atoms with Gasteiger partial charge in [0.15, 0.2) is 0 Å². The zero-order valence-corrected chi connectivity index (χ0v) is 11.1. The summed E-state index contributed by atoms with van der Waals surface area (Å²) in [5.74, 6) is 0.917. The lowest BCUT2D eigenvalue weighted by Crippen LogP contribution is -2.45. The third-order valence-corrected chi connectivity index (χ3v) is 4.14. The van der Waals surface area contributed by atoms with Crippen molar-refractivity contribution >= 4 is 22.9 Å². The van der Waals surface area contributed by atoms with E-state index in [-0.39, 0.29) is 18.7 Å². The first-order valence-electron chi connectivity index (χ1n) is 6.13. The van der Waals surface area contributed by atoms with Crippen LogP contribution in [0.1, 0.15) is 12.8 Å². The van der Waals surface area contributed by atoms with Crippen LogP contribution in [0.2, 0.25) is 0 Å². The molecule has 2 atom stereocenters. The van der Waals surface area contributed by atoms with Gasteiger partial charge in [0.05, 0.1) is 11.1 Å². The number of likely N-dealkylation sites (tertiary alicyclic amines) is 1. The summed E-state index contributed by atoms with van der Waals surface area (Å²) >= 11 is 1.57. The summed E-state index contributed by atoms with van der Waals surface area (Å²) in [6, 6.07) is -0.202. The standard InChI is InChI=1S/C12H18N2O3S/c1-2-7-17-12(16)14-6-3-4-9(14)10(15)11-13-5-8-18-11/h2,9-10,15H,1,3-8H2/t9-,10?/m0/s1. The van der Waals surface area contributed by atoms with Crippen LogP contribution in [0.4, 0.5) is 4.79 Å². The first-order chi connectivity index (χ1) is 8.74. The molecule has 2 aliphatic heterocycles. The summed E-state index contributed by atoms with van der Waals surface area (Å²) in [4.78, 5) is 17.7. The maximum absolute atomic E-state index is 11.8. The van der Waals surface area contributed by atoms with Gasteiger partial charge >= 0.3 is 6.09 Å². The number of hydrogen-bond donors (Lipinski definition) is 1. The molecule has 2 aliphatic rings. The van der Waals surface area contributed by atoms with Crippen LogP contribution in [0.25, 0.3) is 0 Å². The van der Waals surface area contributed by atoms with Gasteiger partial charge in [0.1, 0.15) is 12.7 Å². The van der Waals surface area contributed by atoms with Crippen LogP contribution in [0.3, 0.4) is 0 Å². The molecule has 18 heavy (non-hydrogen) atoms. The van der Waals surface area contributed by atoms with E-state index in [9.17, 15) is 9.90 Å². The Morgan fingerprint density at radius 1 is 1.78 bits per heavy atom. The Morgan fingerprint density at radius 3 is 3.28 bits per heavy atom. The molecule has 5 nitrogen and oxygen atoms in total. The third-order valence-electron chi connectivity index (χ3n) is 3.08. The van der Waals surface area contributed by atoms with Crippen molar-refractivity contribution in [1.29, 1.82) is 0 Å². The van der Waals surface area contributed by atoms with Gasteiger partial charge in [-0.1, -0.05) is 12.7 Å². The highest BCUT2D eigenvalue weighted by atomic mass is 32.2. The SMILES string of the molecule is C=CCOC(=O)N1CCC[C@H]1C(O)C1=NCCS1. The van der Waals surface area contributed by atoms with Crippen LogP contribution in [-0.4, -0.2) is 58.7 Å². The molecule has 1 amide bonds. The Balaban J connectivity index is 1.98. The number of aliphatic hydroxyl groups excluding tert-OH is 1. The average molecular weight is 270 g/mol. The first kappa shape index (κ1) is 13.4. The van der Waals surface area contributed by atoms with Crippen LogP contribution in [-0.2, 0) is 4.74 Å². The fourth-order valence-electron chi connectivity index (χ4n) is 2.26. The Bertz CT molecular complexity index is 359. The van der Waals surface area contributed by atoms with Gasteiger partial charge in [-0.25, -0.2) is 4.79 Å². The van der Waals surface area contributed by atoms with Crippen LogP contribution in [0.15, 0.2) is 17.6 Å². The van der Waals surface area contributed by atoms with Gasteiger partial charge in [-0.05, 0) is 12.8 Å². The Hall–Kier alpha value is -1.01. The van der Waals surface area contributed by atoms with Crippen molar-refractivity contribution in [3.05, 3.63) is 12.7 Å². The van der Waals surface area contributed by atoms with E-state index in [0.717, 1.165) is 30.2 Å². The topological polar surface area (TPSA) is 62.1 Å². The smallest absolute Gasteiger partial charge is 0.410 e. The van der Waals surface area contributed by atoms with Gasteiger partial charge in [-0.2, -0.15) is 0 Å². The molecule has 0 aromatic rings. The maximum atomic E-state index is 11.8. The molecule has 0 aromatic carbocycles. The lowest BCUT2D eigenvalue weighted by Gasteiger charge is -2.27. The van der Waals surface area contributed by atoms with E-state index in [2.05, 4.69) is 11.6 Å². The summed E-state index contributed by atoms with van der Waals surface area (Å²) in [5, 5.41) is 11.0. The van der Waals surface area contributed by atoms with Crippen molar-refractivity contribution in [2.75, 3.05) is 25.4 Å². The van der Waals surface area contributed by atoms with E-state index in [1.54, 1.807) is 16.7 Å². The quantitative estimate of drug-likeness (QED) is 0.782. The highest BCUT2D eigenvalue weighted by Gasteiger charge is 2.37. The maximum Gasteiger partial charge on any atom is 0.410 e. The van der Waals surface area contributed by atoms with Gasteiger partial charge in [0, 0.05) is 18.8 Å². The fourth-order valence-corrected chi connectivity index (χ4v) is 3.16. The molecule has 0 bridgehead atoms. The number of amides is 1. The predicted molar refractivity (Wildman–Crippen MR) is 72.0 cm³/mol. The molecule has 1 saturated heterocycles. The number of carbonyl (C=O) groups excluding carboxylic acids is 1. The van der Waals surface area contributed by atoms with E-state index in [4.69, 9.17) is 4.74 Å². The zero-order chi connectivity index (χ0) is 13.0. The normalized spacial score (nSPS) is 24.8. The van der Waals surface area contributed by atoms with Gasteiger partial charge < -0.3 is 14.7 Å². The van der Waals surface area contributed by atoms with Crippen LogP contribution < -0.4 is 0 Å². The molecule has 1 N–H and O–H groups in total. The molecule has 0 saturated carbocycles. The van der Waals surface area contributed by atoms with Crippen LogP contribution in [0.5, 0.6) is 0 Å². The lowest BCUT2D eigenvalue weighted by atomic mass is 10.1. The summed E-state index contributed by atoms with van der Waals surface area (Å²) in [5.41, 5.74) is 0. The number of aliphatic hydroxyl groups is 1. The largest absolute Gasteiger partial charge is 0.445 e. The van der Waals surface area contributed by atoms with E-state index in [1.807, 2.05) is 0 Å². The number of thioether (sulfide) groups is 1. The molecular formula is C12H18N2O3S. The lowest BCUT2D eigenvalue weighted by molar-refractivity contribution is 0.0802.